The first-order chi connectivity index (χ1) is 11.9. The summed E-state index contributed by atoms with van der Waals surface area (Å²) in [6.07, 6.45) is 4.35. The molecule has 7 heteroatoms. The zero-order valence-electron chi connectivity index (χ0n) is 15.1. The Balaban J connectivity index is 1.66. The lowest BCUT2D eigenvalue weighted by Gasteiger charge is -2.31. The topological polar surface area (TPSA) is 68.1 Å². The number of hydrogen-bond acceptors (Lipinski definition) is 4. The predicted molar refractivity (Wildman–Crippen MR) is 96.8 cm³/mol. The quantitative estimate of drug-likeness (QED) is 0.820. The summed E-state index contributed by atoms with van der Waals surface area (Å²) >= 11 is 0. The van der Waals surface area contributed by atoms with Gasteiger partial charge in [0.25, 0.3) is 0 Å². The van der Waals surface area contributed by atoms with Crippen LogP contribution < -0.4 is 0 Å². The third kappa shape index (κ3) is 3.77. The highest BCUT2D eigenvalue weighted by molar-refractivity contribution is 7.89. The lowest BCUT2D eigenvalue weighted by atomic mass is 9.94. The number of rotatable bonds is 5. The van der Waals surface area contributed by atoms with Crippen molar-refractivity contribution in [2.24, 2.45) is 5.92 Å². The summed E-state index contributed by atoms with van der Waals surface area (Å²) in [6, 6.07) is 7.53. The molecular weight excluding hydrogens is 336 g/mol. The number of aromatic nitrogens is 3. The highest BCUT2D eigenvalue weighted by Crippen LogP contribution is 2.27. The van der Waals surface area contributed by atoms with E-state index in [1.807, 2.05) is 19.1 Å². The van der Waals surface area contributed by atoms with E-state index in [0.717, 1.165) is 30.7 Å². The zero-order chi connectivity index (χ0) is 18.0. The number of hydrogen-bond donors (Lipinski definition) is 0. The van der Waals surface area contributed by atoms with Gasteiger partial charge in [-0.3, -0.25) is 0 Å². The first-order valence-electron chi connectivity index (χ1n) is 8.83. The van der Waals surface area contributed by atoms with E-state index in [9.17, 15) is 8.42 Å². The van der Waals surface area contributed by atoms with Crippen LogP contribution in [0.4, 0.5) is 0 Å². The molecule has 2 heterocycles. The van der Waals surface area contributed by atoms with Crippen molar-refractivity contribution in [1.82, 2.24) is 19.1 Å². The average molecular weight is 362 g/mol. The summed E-state index contributed by atoms with van der Waals surface area (Å²) in [7, 11) is -3.40. The van der Waals surface area contributed by atoms with Crippen LogP contribution >= 0.6 is 0 Å². The van der Waals surface area contributed by atoms with Crippen LogP contribution in [-0.2, 0) is 16.4 Å². The number of nitrogens with zero attached hydrogens (tertiary/aromatic N) is 4. The minimum Gasteiger partial charge on any atom is -0.315 e. The molecule has 0 aliphatic carbocycles. The molecule has 2 aromatic rings. The fraction of sp³-hybridized carbons (Fsp3) is 0.556. The minimum atomic E-state index is -3.40. The van der Waals surface area contributed by atoms with Crippen molar-refractivity contribution in [2.75, 3.05) is 13.1 Å². The van der Waals surface area contributed by atoms with Gasteiger partial charge < -0.3 is 4.57 Å². The van der Waals surface area contributed by atoms with Gasteiger partial charge in [0, 0.05) is 25.6 Å². The smallest absolute Gasteiger partial charge is 0.243 e. The molecule has 0 amide bonds. The van der Waals surface area contributed by atoms with E-state index in [-0.39, 0.29) is 0 Å². The SMILES string of the molecule is Cc1ccccc1S(=O)(=O)N1CCC(Cc2nncn2C(C)C)CC1. The van der Waals surface area contributed by atoms with E-state index in [4.69, 9.17) is 0 Å². The fourth-order valence-corrected chi connectivity index (χ4v) is 5.14. The second-order valence-corrected chi connectivity index (χ2v) is 8.97. The average Bonchev–Trinajstić information content (AvgIpc) is 3.04. The van der Waals surface area contributed by atoms with Crippen LogP contribution in [0.2, 0.25) is 0 Å². The summed E-state index contributed by atoms with van der Waals surface area (Å²) in [5.41, 5.74) is 0.801. The predicted octanol–water partition coefficient (Wildman–Crippen LogP) is 2.81. The molecule has 1 aromatic carbocycles. The molecule has 0 atom stereocenters. The Kier molecular flexibility index (Phi) is 5.24. The molecule has 1 aromatic heterocycles. The lowest BCUT2D eigenvalue weighted by Crippen LogP contribution is -2.39. The third-order valence-electron chi connectivity index (χ3n) is 4.96. The summed E-state index contributed by atoms with van der Waals surface area (Å²) in [5, 5.41) is 8.26. The number of aryl methyl sites for hydroxylation is 1. The molecule has 0 radical (unpaired) electrons. The molecule has 3 rings (SSSR count). The molecule has 0 N–H and O–H groups in total. The normalized spacial score (nSPS) is 17.3. The standard InChI is InChI=1S/C18H26N4O2S/c1-14(2)22-13-19-20-18(22)12-16-8-10-21(11-9-16)25(23,24)17-7-5-4-6-15(17)3/h4-7,13-14,16H,8-12H2,1-3H3. The van der Waals surface area contributed by atoms with Crippen molar-refractivity contribution in [3.63, 3.8) is 0 Å². The third-order valence-corrected chi connectivity index (χ3v) is 7.02. The maximum Gasteiger partial charge on any atom is 0.243 e. The van der Waals surface area contributed by atoms with Crippen molar-refractivity contribution >= 4 is 10.0 Å². The van der Waals surface area contributed by atoms with Crippen LogP contribution in [0, 0.1) is 12.8 Å². The van der Waals surface area contributed by atoms with Gasteiger partial charge in [-0.25, -0.2) is 8.42 Å². The lowest BCUT2D eigenvalue weighted by molar-refractivity contribution is 0.268. The monoisotopic (exact) mass is 362 g/mol. The van der Waals surface area contributed by atoms with Crippen molar-refractivity contribution in [2.45, 2.75) is 51.0 Å². The van der Waals surface area contributed by atoms with E-state index in [1.54, 1.807) is 22.8 Å². The molecule has 1 saturated heterocycles. The Labute approximate surface area is 149 Å². The second-order valence-electron chi connectivity index (χ2n) is 7.07. The van der Waals surface area contributed by atoms with Crippen molar-refractivity contribution in [3.05, 3.63) is 42.0 Å². The van der Waals surface area contributed by atoms with Crippen LogP contribution in [-0.4, -0.2) is 40.6 Å². The first kappa shape index (κ1) is 18.1. The van der Waals surface area contributed by atoms with Crippen LogP contribution in [0.25, 0.3) is 0 Å². The van der Waals surface area contributed by atoms with E-state index >= 15 is 0 Å². The van der Waals surface area contributed by atoms with Gasteiger partial charge in [0.15, 0.2) is 0 Å². The molecule has 0 saturated carbocycles. The molecule has 1 aliphatic rings. The van der Waals surface area contributed by atoms with Gasteiger partial charge in [-0.2, -0.15) is 4.31 Å². The van der Waals surface area contributed by atoms with E-state index < -0.39 is 10.0 Å². The van der Waals surface area contributed by atoms with Crippen molar-refractivity contribution in [3.8, 4) is 0 Å². The van der Waals surface area contributed by atoms with Gasteiger partial charge in [-0.1, -0.05) is 18.2 Å². The van der Waals surface area contributed by atoms with Crippen LogP contribution in [0.5, 0.6) is 0 Å². The van der Waals surface area contributed by atoms with Gasteiger partial charge in [-0.15, -0.1) is 10.2 Å². The van der Waals surface area contributed by atoms with Crippen molar-refractivity contribution < 1.29 is 8.42 Å². The summed E-state index contributed by atoms with van der Waals surface area (Å²) < 4.78 is 29.5. The van der Waals surface area contributed by atoms with Gasteiger partial charge >= 0.3 is 0 Å². The zero-order valence-corrected chi connectivity index (χ0v) is 15.9. The largest absolute Gasteiger partial charge is 0.315 e. The molecule has 1 fully saturated rings. The molecule has 136 valence electrons. The van der Waals surface area contributed by atoms with E-state index in [1.165, 1.54) is 0 Å². The Morgan fingerprint density at radius 2 is 1.88 bits per heavy atom. The number of piperidine rings is 1. The fourth-order valence-electron chi connectivity index (χ4n) is 3.44. The molecule has 1 aliphatic heterocycles. The summed E-state index contributed by atoms with van der Waals surface area (Å²) in [4.78, 5) is 0.424. The Morgan fingerprint density at radius 3 is 2.52 bits per heavy atom. The van der Waals surface area contributed by atoms with E-state index in [0.29, 0.717) is 29.9 Å². The van der Waals surface area contributed by atoms with Gasteiger partial charge in [0.2, 0.25) is 10.0 Å². The maximum atomic E-state index is 12.9. The highest BCUT2D eigenvalue weighted by atomic mass is 32.2. The molecule has 0 bridgehead atoms. The van der Waals surface area contributed by atoms with Gasteiger partial charge in [0.1, 0.15) is 12.2 Å². The summed E-state index contributed by atoms with van der Waals surface area (Å²) in [5.74, 6) is 1.44. The molecule has 0 spiro atoms. The Bertz CT molecular complexity index is 821. The van der Waals surface area contributed by atoms with Crippen LogP contribution in [0.3, 0.4) is 0 Å². The van der Waals surface area contributed by atoms with Crippen molar-refractivity contribution in [1.29, 1.82) is 0 Å². The van der Waals surface area contributed by atoms with Gasteiger partial charge in [-0.05, 0) is 51.2 Å². The Morgan fingerprint density at radius 1 is 1.20 bits per heavy atom. The molecular formula is C18H26N4O2S. The summed E-state index contributed by atoms with van der Waals surface area (Å²) in [6.45, 7) is 7.21. The maximum absolute atomic E-state index is 12.9. The number of sulfonamides is 1. The highest BCUT2D eigenvalue weighted by Gasteiger charge is 2.30. The van der Waals surface area contributed by atoms with Crippen LogP contribution in [0.1, 0.15) is 44.1 Å². The number of benzene rings is 1. The minimum absolute atomic E-state index is 0.339. The van der Waals surface area contributed by atoms with Crippen LogP contribution in [0.15, 0.2) is 35.5 Å². The van der Waals surface area contributed by atoms with E-state index in [2.05, 4.69) is 28.6 Å². The Hall–Kier alpha value is -1.73. The molecule has 6 nitrogen and oxygen atoms in total. The van der Waals surface area contributed by atoms with Gasteiger partial charge in [0.05, 0.1) is 4.90 Å². The molecule has 25 heavy (non-hydrogen) atoms. The molecule has 0 unspecified atom stereocenters. The first-order valence-corrected chi connectivity index (χ1v) is 10.3. The second kappa shape index (κ2) is 7.25.